The first-order valence-electron chi connectivity index (χ1n) is 5.59. The van der Waals surface area contributed by atoms with Crippen molar-refractivity contribution in [2.75, 3.05) is 14.2 Å². The second kappa shape index (κ2) is 4.72. The fourth-order valence-electron chi connectivity index (χ4n) is 1.96. The molecule has 1 fully saturated rings. The van der Waals surface area contributed by atoms with Gasteiger partial charge in [-0.15, -0.1) is 0 Å². The predicted octanol–water partition coefficient (Wildman–Crippen LogP) is 2.28. The Bertz CT molecular complexity index is 424. The molecule has 0 radical (unpaired) electrons. The van der Waals surface area contributed by atoms with Crippen molar-refractivity contribution in [1.82, 2.24) is 0 Å². The lowest BCUT2D eigenvalue weighted by Gasteiger charge is -2.09. The Labute approximate surface area is 101 Å². The molecule has 1 aliphatic carbocycles. The lowest BCUT2D eigenvalue weighted by molar-refractivity contribution is -0.143. The minimum atomic E-state index is -0.469. The molecule has 0 aliphatic heterocycles. The van der Waals surface area contributed by atoms with Crippen LogP contribution in [0.2, 0.25) is 0 Å². The van der Waals surface area contributed by atoms with Gasteiger partial charge in [-0.3, -0.25) is 4.79 Å². The van der Waals surface area contributed by atoms with Crippen molar-refractivity contribution in [1.29, 1.82) is 0 Å². The molecule has 1 aromatic carbocycles. The summed E-state index contributed by atoms with van der Waals surface area (Å²) < 4.78 is 10.1. The number of hydrogen-bond donors (Lipinski definition) is 0. The smallest absolute Gasteiger partial charge is 0.312 e. The van der Waals surface area contributed by atoms with Crippen LogP contribution in [0.5, 0.6) is 0 Å². The Hall–Kier alpha value is -1.61. The summed E-state index contributed by atoms with van der Waals surface area (Å²) in [6.07, 6.45) is 4.62. The predicted molar refractivity (Wildman–Crippen MR) is 65.3 cm³/mol. The normalized spacial score (nSPS) is 27.1. The molecule has 0 aromatic heterocycles. The first-order chi connectivity index (χ1) is 8.22. The molecule has 1 aliphatic rings. The zero-order chi connectivity index (χ0) is 12.3. The Morgan fingerprint density at radius 1 is 1.35 bits per heavy atom. The molecule has 3 nitrogen and oxygen atoms in total. The first kappa shape index (κ1) is 11.9. The van der Waals surface area contributed by atoms with Gasteiger partial charge in [0.25, 0.3) is 0 Å². The van der Waals surface area contributed by atoms with Gasteiger partial charge in [-0.1, -0.05) is 42.5 Å². The van der Waals surface area contributed by atoms with E-state index in [2.05, 4.69) is 0 Å². The van der Waals surface area contributed by atoms with Gasteiger partial charge in [0.1, 0.15) is 5.60 Å². The minimum Gasteiger partial charge on any atom is -0.469 e. The molecule has 90 valence electrons. The van der Waals surface area contributed by atoms with E-state index in [1.54, 1.807) is 7.11 Å². The molecule has 3 heteroatoms. The molecule has 0 spiro atoms. The third-order valence-electron chi connectivity index (χ3n) is 3.18. The zero-order valence-corrected chi connectivity index (χ0v) is 10.1. The van der Waals surface area contributed by atoms with Gasteiger partial charge in [0.15, 0.2) is 0 Å². The van der Waals surface area contributed by atoms with Gasteiger partial charge >= 0.3 is 5.97 Å². The third-order valence-corrected chi connectivity index (χ3v) is 3.18. The molecular weight excluding hydrogens is 216 g/mol. The van der Waals surface area contributed by atoms with E-state index >= 15 is 0 Å². The topological polar surface area (TPSA) is 35.5 Å². The summed E-state index contributed by atoms with van der Waals surface area (Å²) in [5.41, 5.74) is 0.627. The van der Waals surface area contributed by atoms with Crippen LogP contribution in [-0.2, 0) is 14.3 Å². The quantitative estimate of drug-likeness (QED) is 0.747. The highest BCUT2D eigenvalue weighted by molar-refractivity contribution is 5.79. The van der Waals surface area contributed by atoms with Crippen molar-refractivity contribution in [2.45, 2.75) is 12.0 Å². The summed E-state index contributed by atoms with van der Waals surface area (Å²) >= 11 is 0. The van der Waals surface area contributed by atoms with Crippen molar-refractivity contribution in [2.24, 2.45) is 5.92 Å². The van der Waals surface area contributed by atoms with Crippen molar-refractivity contribution in [3.63, 3.8) is 0 Å². The molecule has 0 amide bonds. The average Bonchev–Trinajstić information content (AvgIpc) is 3.12. The molecule has 0 heterocycles. The zero-order valence-electron chi connectivity index (χ0n) is 10.1. The summed E-state index contributed by atoms with van der Waals surface area (Å²) in [4.78, 5) is 11.4. The molecule has 0 saturated heterocycles. The van der Waals surface area contributed by atoms with Crippen LogP contribution < -0.4 is 0 Å². The Morgan fingerprint density at radius 3 is 2.65 bits per heavy atom. The second-order valence-corrected chi connectivity index (χ2v) is 4.18. The Morgan fingerprint density at radius 2 is 2.06 bits per heavy atom. The molecule has 1 saturated carbocycles. The maximum atomic E-state index is 11.4. The molecule has 2 rings (SSSR count). The first-order valence-corrected chi connectivity index (χ1v) is 5.59. The number of benzene rings is 1. The van der Waals surface area contributed by atoms with E-state index in [0.717, 1.165) is 5.56 Å². The standard InChI is InChI=1S/C14H16O3/c1-16-13(15)12-10-14(12,17-2)9-8-11-6-4-3-5-7-11/h3-9,12H,10H2,1-2H3/b9-8+/t12-,14+/m0/s1. The van der Waals surface area contributed by atoms with Gasteiger partial charge in [-0.25, -0.2) is 0 Å². The molecule has 1 aromatic rings. The number of carbonyl (C=O) groups excluding carboxylic acids is 1. The lowest BCUT2D eigenvalue weighted by atomic mass is 10.1. The third kappa shape index (κ3) is 2.39. The number of methoxy groups -OCH3 is 2. The van der Waals surface area contributed by atoms with Crippen LogP contribution in [-0.4, -0.2) is 25.8 Å². The second-order valence-electron chi connectivity index (χ2n) is 4.18. The maximum Gasteiger partial charge on any atom is 0.312 e. The van der Waals surface area contributed by atoms with Gasteiger partial charge < -0.3 is 9.47 Å². The van der Waals surface area contributed by atoms with Crippen LogP contribution in [0.15, 0.2) is 36.4 Å². The van der Waals surface area contributed by atoms with E-state index in [-0.39, 0.29) is 11.9 Å². The summed E-state index contributed by atoms with van der Waals surface area (Å²) in [6.45, 7) is 0. The molecule has 0 bridgehead atoms. The van der Waals surface area contributed by atoms with Crippen LogP contribution >= 0.6 is 0 Å². The monoisotopic (exact) mass is 232 g/mol. The van der Waals surface area contributed by atoms with Crippen LogP contribution in [0, 0.1) is 5.92 Å². The number of carbonyl (C=O) groups is 1. The van der Waals surface area contributed by atoms with Crippen LogP contribution in [0.25, 0.3) is 6.08 Å². The van der Waals surface area contributed by atoms with Gasteiger partial charge in [-0.05, 0) is 12.0 Å². The summed E-state index contributed by atoms with van der Waals surface area (Å²) in [7, 11) is 3.03. The average molecular weight is 232 g/mol. The fourth-order valence-corrected chi connectivity index (χ4v) is 1.96. The van der Waals surface area contributed by atoms with Crippen molar-refractivity contribution in [3.05, 3.63) is 42.0 Å². The highest BCUT2D eigenvalue weighted by Gasteiger charge is 2.58. The highest BCUT2D eigenvalue weighted by Crippen LogP contribution is 2.48. The molecule has 0 unspecified atom stereocenters. The molecular formula is C14H16O3. The van der Waals surface area contributed by atoms with Crippen molar-refractivity contribution < 1.29 is 14.3 Å². The number of esters is 1. The number of rotatable bonds is 4. The molecule has 0 N–H and O–H groups in total. The Balaban J connectivity index is 2.08. The van der Waals surface area contributed by atoms with Gasteiger partial charge in [0.2, 0.25) is 0 Å². The number of hydrogen-bond acceptors (Lipinski definition) is 3. The summed E-state index contributed by atoms with van der Waals surface area (Å²) in [5, 5.41) is 0. The van der Waals surface area contributed by atoms with Gasteiger partial charge in [0.05, 0.1) is 13.0 Å². The van der Waals surface area contributed by atoms with E-state index in [1.807, 2.05) is 42.5 Å². The van der Waals surface area contributed by atoms with E-state index in [9.17, 15) is 4.79 Å². The van der Waals surface area contributed by atoms with Crippen LogP contribution in [0.4, 0.5) is 0 Å². The highest BCUT2D eigenvalue weighted by atomic mass is 16.5. The molecule has 2 atom stereocenters. The van der Waals surface area contributed by atoms with E-state index in [1.165, 1.54) is 7.11 Å². The van der Waals surface area contributed by atoms with Gasteiger partial charge in [-0.2, -0.15) is 0 Å². The van der Waals surface area contributed by atoms with Crippen molar-refractivity contribution in [3.8, 4) is 0 Å². The largest absolute Gasteiger partial charge is 0.469 e. The minimum absolute atomic E-state index is 0.169. The van der Waals surface area contributed by atoms with Crippen molar-refractivity contribution >= 4 is 12.0 Å². The number of ether oxygens (including phenoxy) is 2. The van der Waals surface area contributed by atoms with Crippen LogP contribution in [0.1, 0.15) is 12.0 Å². The summed E-state index contributed by atoms with van der Waals surface area (Å²) in [5.74, 6) is -0.373. The SMILES string of the molecule is COC(=O)[C@@H]1C[C@@]1(/C=C/c1ccccc1)OC. The van der Waals surface area contributed by atoms with Gasteiger partial charge in [0, 0.05) is 7.11 Å². The van der Waals surface area contributed by atoms with E-state index in [0.29, 0.717) is 6.42 Å². The lowest BCUT2D eigenvalue weighted by Crippen LogP contribution is -2.17. The Kier molecular flexibility index (Phi) is 3.29. The summed E-state index contributed by atoms with van der Waals surface area (Å²) in [6, 6.07) is 9.94. The van der Waals surface area contributed by atoms with E-state index < -0.39 is 5.60 Å². The van der Waals surface area contributed by atoms with E-state index in [4.69, 9.17) is 9.47 Å². The fraction of sp³-hybridized carbons (Fsp3) is 0.357. The molecule has 17 heavy (non-hydrogen) atoms. The maximum absolute atomic E-state index is 11.4. The van der Waals surface area contributed by atoms with Crippen LogP contribution in [0.3, 0.4) is 0 Å².